The number of rotatable bonds is 6. The summed E-state index contributed by atoms with van der Waals surface area (Å²) in [6, 6.07) is 15.0. The van der Waals surface area contributed by atoms with Crippen molar-refractivity contribution in [3.8, 4) is 0 Å². The molecule has 2 aromatic heterocycles. The van der Waals surface area contributed by atoms with Crippen molar-refractivity contribution in [1.29, 1.82) is 0 Å². The number of anilines is 2. The van der Waals surface area contributed by atoms with E-state index in [1.54, 1.807) is 18.6 Å². The molecule has 1 fully saturated rings. The maximum Gasteiger partial charge on any atom is 0.148 e. The van der Waals surface area contributed by atoms with E-state index in [-0.39, 0.29) is 0 Å². The SMILES string of the molecule is Cc1cc(Nc2cnccn2)cc(C2CCN(CCc3ccccc3)CC2)n1. The number of nitrogens with one attached hydrogen (secondary N) is 1. The van der Waals surface area contributed by atoms with Crippen molar-refractivity contribution in [2.75, 3.05) is 25.0 Å². The van der Waals surface area contributed by atoms with Crippen LogP contribution in [0.15, 0.2) is 61.1 Å². The molecule has 1 aromatic carbocycles. The Morgan fingerprint density at radius 1 is 1.07 bits per heavy atom. The number of nitrogens with zero attached hydrogens (tertiary/aromatic N) is 4. The van der Waals surface area contributed by atoms with Gasteiger partial charge < -0.3 is 10.2 Å². The molecule has 3 aromatic rings. The van der Waals surface area contributed by atoms with Gasteiger partial charge in [0.15, 0.2) is 0 Å². The topological polar surface area (TPSA) is 53.9 Å². The summed E-state index contributed by atoms with van der Waals surface area (Å²) in [4.78, 5) is 15.8. The number of benzene rings is 1. The van der Waals surface area contributed by atoms with Crippen LogP contribution in [0.25, 0.3) is 0 Å². The zero-order valence-electron chi connectivity index (χ0n) is 16.4. The molecule has 0 amide bonds. The highest BCUT2D eigenvalue weighted by Crippen LogP contribution is 2.29. The quantitative estimate of drug-likeness (QED) is 0.696. The van der Waals surface area contributed by atoms with Crippen molar-refractivity contribution in [3.05, 3.63) is 78.0 Å². The van der Waals surface area contributed by atoms with Crippen molar-refractivity contribution in [1.82, 2.24) is 19.9 Å². The van der Waals surface area contributed by atoms with E-state index in [4.69, 9.17) is 4.98 Å². The van der Waals surface area contributed by atoms with Crippen LogP contribution < -0.4 is 5.32 Å². The van der Waals surface area contributed by atoms with Gasteiger partial charge in [-0.1, -0.05) is 30.3 Å². The van der Waals surface area contributed by atoms with E-state index in [0.717, 1.165) is 56.1 Å². The zero-order valence-corrected chi connectivity index (χ0v) is 16.4. The molecule has 0 aliphatic carbocycles. The second kappa shape index (κ2) is 8.93. The number of hydrogen-bond acceptors (Lipinski definition) is 5. The summed E-state index contributed by atoms with van der Waals surface area (Å²) >= 11 is 0. The summed E-state index contributed by atoms with van der Waals surface area (Å²) in [5.41, 5.74) is 4.68. The molecular weight excluding hydrogens is 346 g/mol. The molecule has 144 valence electrons. The minimum absolute atomic E-state index is 0.523. The molecule has 0 radical (unpaired) electrons. The average Bonchev–Trinajstić information content (AvgIpc) is 2.74. The fourth-order valence-corrected chi connectivity index (χ4v) is 3.87. The first kappa shape index (κ1) is 18.6. The van der Waals surface area contributed by atoms with E-state index in [1.165, 1.54) is 11.3 Å². The smallest absolute Gasteiger partial charge is 0.148 e. The highest BCUT2D eigenvalue weighted by molar-refractivity contribution is 5.56. The maximum atomic E-state index is 4.82. The van der Waals surface area contributed by atoms with Crippen molar-refractivity contribution in [3.63, 3.8) is 0 Å². The largest absolute Gasteiger partial charge is 0.339 e. The van der Waals surface area contributed by atoms with Gasteiger partial charge in [-0.3, -0.25) is 9.97 Å². The van der Waals surface area contributed by atoms with Crippen LogP contribution in [0.3, 0.4) is 0 Å². The zero-order chi connectivity index (χ0) is 19.2. The molecule has 0 bridgehead atoms. The minimum Gasteiger partial charge on any atom is -0.339 e. The van der Waals surface area contributed by atoms with Crippen molar-refractivity contribution >= 4 is 11.5 Å². The molecule has 0 unspecified atom stereocenters. The number of likely N-dealkylation sites (tertiary alicyclic amines) is 1. The van der Waals surface area contributed by atoms with Crippen LogP contribution in [0, 0.1) is 6.92 Å². The molecule has 4 rings (SSSR count). The van der Waals surface area contributed by atoms with Crippen molar-refractivity contribution in [2.45, 2.75) is 32.1 Å². The summed E-state index contributed by atoms with van der Waals surface area (Å²) in [5, 5.41) is 3.35. The van der Waals surface area contributed by atoms with Gasteiger partial charge in [0.1, 0.15) is 5.82 Å². The van der Waals surface area contributed by atoms with Gasteiger partial charge in [0.25, 0.3) is 0 Å². The lowest BCUT2D eigenvalue weighted by Gasteiger charge is -2.32. The first-order valence-corrected chi connectivity index (χ1v) is 10.0. The Kier molecular flexibility index (Phi) is 5.92. The summed E-state index contributed by atoms with van der Waals surface area (Å²) < 4.78 is 0. The van der Waals surface area contributed by atoms with Gasteiger partial charge in [-0.25, -0.2) is 4.98 Å². The molecule has 5 nitrogen and oxygen atoms in total. The van der Waals surface area contributed by atoms with E-state index in [9.17, 15) is 0 Å². The molecule has 0 saturated carbocycles. The number of hydrogen-bond donors (Lipinski definition) is 1. The van der Waals surface area contributed by atoms with Crippen LogP contribution in [0.4, 0.5) is 11.5 Å². The average molecular weight is 374 g/mol. The lowest BCUT2D eigenvalue weighted by molar-refractivity contribution is 0.213. The third-order valence-corrected chi connectivity index (χ3v) is 5.37. The second-order valence-corrected chi connectivity index (χ2v) is 7.49. The van der Waals surface area contributed by atoms with Crippen LogP contribution >= 0.6 is 0 Å². The van der Waals surface area contributed by atoms with Crippen LogP contribution in [0.1, 0.15) is 35.7 Å². The Hall–Kier alpha value is -2.79. The van der Waals surface area contributed by atoms with Gasteiger partial charge in [-0.05, 0) is 57.0 Å². The van der Waals surface area contributed by atoms with E-state index in [0.29, 0.717) is 5.92 Å². The number of aromatic nitrogens is 3. The Morgan fingerprint density at radius 2 is 1.89 bits per heavy atom. The molecule has 1 saturated heterocycles. The first-order chi connectivity index (χ1) is 13.8. The van der Waals surface area contributed by atoms with Gasteiger partial charge >= 0.3 is 0 Å². The lowest BCUT2D eigenvalue weighted by atomic mass is 9.92. The van der Waals surface area contributed by atoms with Gasteiger partial charge in [-0.2, -0.15) is 0 Å². The van der Waals surface area contributed by atoms with Gasteiger partial charge in [0.05, 0.1) is 6.20 Å². The van der Waals surface area contributed by atoms with Crippen molar-refractivity contribution in [2.24, 2.45) is 0 Å². The first-order valence-electron chi connectivity index (χ1n) is 10.0. The molecule has 1 aliphatic rings. The van der Waals surface area contributed by atoms with E-state index in [1.807, 2.05) is 0 Å². The van der Waals surface area contributed by atoms with Gasteiger partial charge in [0, 0.05) is 41.9 Å². The van der Waals surface area contributed by atoms with Crippen LogP contribution in [-0.4, -0.2) is 39.5 Å². The van der Waals surface area contributed by atoms with Gasteiger partial charge in [0.2, 0.25) is 0 Å². The summed E-state index contributed by atoms with van der Waals surface area (Å²) in [6.45, 7) is 5.47. The molecular formula is C23H27N5. The predicted octanol–water partition coefficient (Wildman–Crippen LogP) is 4.35. The predicted molar refractivity (Wildman–Crippen MR) is 113 cm³/mol. The Bertz CT molecular complexity index is 874. The molecule has 1 N–H and O–H groups in total. The highest BCUT2D eigenvalue weighted by atomic mass is 15.1. The second-order valence-electron chi connectivity index (χ2n) is 7.49. The fraction of sp³-hybridized carbons (Fsp3) is 0.348. The Labute approximate surface area is 166 Å². The minimum atomic E-state index is 0.523. The third-order valence-electron chi connectivity index (χ3n) is 5.37. The molecule has 3 heterocycles. The standard InChI is InChI=1S/C23H27N5/c1-18-15-21(27-23-17-24-10-11-25-23)16-22(26-18)20-8-13-28(14-9-20)12-7-19-5-3-2-4-6-19/h2-6,10-11,15-17,20H,7-9,12-14H2,1H3,(H,25,26,27). The monoisotopic (exact) mass is 373 g/mol. The van der Waals surface area contributed by atoms with E-state index in [2.05, 4.69) is 69.6 Å². The summed E-state index contributed by atoms with van der Waals surface area (Å²) in [7, 11) is 0. The summed E-state index contributed by atoms with van der Waals surface area (Å²) in [6.07, 6.45) is 8.56. The fourth-order valence-electron chi connectivity index (χ4n) is 3.87. The van der Waals surface area contributed by atoms with Crippen molar-refractivity contribution < 1.29 is 0 Å². The van der Waals surface area contributed by atoms with Crippen LogP contribution in [0.5, 0.6) is 0 Å². The number of aryl methyl sites for hydroxylation is 1. The molecule has 28 heavy (non-hydrogen) atoms. The molecule has 1 aliphatic heterocycles. The molecule has 0 atom stereocenters. The Balaban J connectivity index is 1.35. The number of pyridine rings is 1. The third kappa shape index (κ3) is 4.93. The molecule has 0 spiro atoms. The summed E-state index contributed by atoms with van der Waals surface area (Å²) in [5.74, 6) is 1.28. The highest BCUT2D eigenvalue weighted by Gasteiger charge is 2.22. The van der Waals surface area contributed by atoms with Crippen LogP contribution in [0.2, 0.25) is 0 Å². The number of piperidine rings is 1. The Morgan fingerprint density at radius 3 is 2.64 bits per heavy atom. The van der Waals surface area contributed by atoms with Gasteiger partial charge in [-0.15, -0.1) is 0 Å². The molecule has 5 heteroatoms. The maximum absolute atomic E-state index is 4.82. The lowest BCUT2D eigenvalue weighted by Crippen LogP contribution is -2.34. The van der Waals surface area contributed by atoms with E-state index >= 15 is 0 Å². The van der Waals surface area contributed by atoms with Crippen LogP contribution in [-0.2, 0) is 6.42 Å². The normalized spacial score (nSPS) is 15.5. The van der Waals surface area contributed by atoms with E-state index < -0.39 is 0 Å².